The Morgan fingerprint density at radius 1 is 0.413 bits per heavy atom. The highest BCUT2D eigenvalue weighted by Crippen LogP contribution is 2.41. The maximum absolute atomic E-state index is 6.54. The Morgan fingerprint density at radius 3 is 1.85 bits per heavy atom. The maximum atomic E-state index is 6.54. The zero-order chi connectivity index (χ0) is 30.5. The highest BCUT2D eigenvalue weighted by Gasteiger charge is 2.20. The van der Waals surface area contributed by atoms with Crippen molar-refractivity contribution < 1.29 is 8.83 Å². The third-order valence-electron chi connectivity index (χ3n) is 8.37. The molecule has 0 bridgehead atoms. The summed E-state index contributed by atoms with van der Waals surface area (Å²) in [5.74, 6) is 1.19. The number of aromatic nitrogens is 3. The van der Waals surface area contributed by atoms with E-state index in [0.717, 1.165) is 72.2 Å². The summed E-state index contributed by atoms with van der Waals surface area (Å²) in [7, 11) is 0. The molecular formula is C41H25N3O2. The van der Waals surface area contributed by atoms with E-state index in [-0.39, 0.29) is 0 Å². The van der Waals surface area contributed by atoms with Gasteiger partial charge in [-0.15, -0.1) is 0 Å². The fourth-order valence-electron chi connectivity index (χ4n) is 6.13. The highest BCUT2D eigenvalue weighted by atomic mass is 16.4. The number of rotatable bonds is 5. The van der Waals surface area contributed by atoms with Gasteiger partial charge in [-0.2, -0.15) is 0 Å². The van der Waals surface area contributed by atoms with E-state index in [0.29, 0.717) is 11.7 Å². The van der Waals surface area contributed by atoms with Crippen molar-refractivity contribution in [3.8, 4) is 56.5 Å². The molecule has 0 aliphatic rings. The minimum atomic E-state index is 0.530. The van der Waals surface area contributed by atoms with E-state index in [1.807, 2.05) is 84.9 Å². The predicted molar refractivity (Wildman–Crippen MR) is 184 cm³/mol. The lowest BCUT2D eigenvalue weighted by molar-refractivity contribution is 0.615. The number of furan rings is 1. The molecule has 6 aromatic carbocycles. The first kappa shape index (κ1) is 26.1. The average Bonchev–Trinajstić information content (AvgIpc) is 3.74. The molecule has 0 fully saturated rings. The van der Waals surface area contributed by atoms with Crippen molar-refractivity contribution in [1.82, 2.24) is 15.0 Å². The van der Waals surface area contributed by atoms with Crippen LogP contribution in [0.4, 0.5) is 0 Å². The molecule has 0 aliphatic heterocycles. The summed E-state index contributed by atoms with van der Waals surface area (Å²) in [5.41, 5.74) is 10.8. The summed E-state index contributed by atoms with van der Waals surface area (Å²) in [4.78, 5) is 14.9. The summed E-state index contributed by atoms with van der Waals surface area (Å²) in [5, 5.41) is 1.96. The molecule has 0 unspecified atom stereocenters. The maximum Gasteiger partial charge on any atom is 0.231 e. The smallest absolute Gasteiger partial charge is 0.231 e. The van der Waals surface area contributed by atoms with E-state index in [1.165, 1.54) is 5.56 Å². The van der Waals surface area contributed by atoms with Gasteiger partial charge in [-0.05, 0) is 41.5 Å². The van der Waals surface area contributed by atoms with E-state index >= 15 is 0 Å². The first-order valence-corrected chi connectivity index (χ1v) is 15.2. The fourth-order valence-corrected chi connectivity index (χ4v) is 6.13. The third-order valence-corrected chi connectivity index (χ3v) is 8.37. The van der Waals surface area contributed by atoms with Crippen LogP contribution in [0.3, 0.4) is 0 Å². The lowest BCUT2D eigenvalue weighted by atomic mass is 9.99. The van der Waals surface area contributed by atoms with Gasteiger partial charge < -0.3 is 8.83 Å². The molecule has 0 N–H and O–H groups in total. The van der Waals surface area contributed by atoms with E-state index in [4.69, 9.17) is 23.8 Å². The molecule has 5 heteroatoms. The predicted octanol–water partition coefficient (Wildman–Crippen LogP) is 10.9. The molecule has 216 valence electrons. The van der Waals surface area contributed by atoms with Crippen molar-refractivity contribution in [3.63, 3.8) is 0 Å². The van der Waals surface area contributed by atoms with Crippen LogP contribution in [0.1, 0.15) is 0 Å². The van der Waals surface area contributed by atoms with Crippen molar-refractivity contribution >= 4 is 33.0 Å². The number of hydrogen-bond donors (Lipinski definition) is 0. The van der Waals surface area contributed by atoms with Gasteiger partial charge in [0.25, 0.3) is 0 Å². The van der Waals surface area contributed by atoms with Gasteiger partial charge in [-0.1, -0.05) is 121 Å². The highest BCUT2D eigenvalue weighted by molar-refractivity contribution is 6.15. The van der Waals surface area contributed by atoms with Gasteiger partial charge in [0, 0.05) is 27.5 Å². The van der Waals surface area contributed by atoms with Crippen LogP contribution in [0, 0.1) is 0 Å². The van der Waals surface area contributed by atoms with Crippen molar-refractivity contribution in [2.45, 2.75) is 0 Å². The fraction of sp³-hybridized carbons (Fsp3) is 0. The van der Waals surface area contributed by atoms with E-state index in [1.54, 1.807) is 0 Å². The topological polar surface area (TPSA) is 65.0 Å². The standard InChI is InChI=1S/C41H25N3O2/c1-3-11-26(12-4-1)27-21-23-28(24-22-27)34-25-35(43-40(42-34)29-13-5-2-6-14-29)30-15-10-20-37-38(30)31-16-9-17-32(39(31)45-37)41-44-33-18-7-8-19-36(33)46-41/h1-25H. The van der Waals surface area contributed by atoms with Crippen LogP contribution in [0.25, 0.3) is 89.5 Å². The second-order valence-corrected chi connectivity index (χ2v) is 11.2. The molecule has 3 aromatic heterocycles. The summed E-state index contributed by atoms with van der Waals surface area (Å²) in [6, 6.07) is 51.1. The van der Waals surface area contributed by atoms with Crippen LogP contribution in [0.2, 0.25) is 0 Å². The van der Waals surface area contributed by atoms with Crippen LogP contribution in [-0.4, -0.2) is 15.0 Å². The van der Waals surface area contributed by atoms with Gasteiger partial charge in [-0.25, -0.2) is 15.0 Å². The van der Waals surface area contributed by atoms with Gasteiger partial charge in [-0.3, -0.25) is 0 Å². The van der Waals surface area contributed by atoms with Gasteiger partial charge in [0.2, 0.25) is 5.89 Å². The lowest BCUT2D eigenvalue weighted by Crippen LogP contribution is -1.96. The van der Waals surface area contributed by atoms with Crippen LogP contribution < -0.4 is 0 Å². The minimum Gasteiger partial charge on any atom is -0.455 e. The molecule has 0 saturated heterocycles. The Bertz CT molecular complexity index is 2480. The first-order chi connectivity index (χ1) is 22.8. The summed E-state index contributed by atoms with van der Waals surface area (Å²) in [6.45, 7) is 0. The Kier molecular flexibility index (Phi) is 6.06. The molecule has 0 aliphatic carbocycles. The zero-order valence-electron chi connectivity index (χ0n) is 24.6. The zero-order valence-corrected chi connectivity index (χ0v) is 24.6. The molecule has 0 radical (unpaired) electrons. The van der Waals surface area contributed by atoms with Gasteiger partial charge in [0.05, 0.1) is 17.0 Å². The number of hydrogen-bond acceptors (Lipinski definition) is 5. The molecule has 0 amide bonds. The van der Waals surface area contributed by atoms with E-state index in [9.17, 15) is 0 Å². The van der Waals surface area contributed by atoms with E-state index < -0.39 is 0 Å². The van der Waals surface area contributed by atoms with Gasteiger partial charge in [0.15, 0.2) is 11.4 Å². The minimum absolute atomic E-state index is 0.530. The summed E-state index contributed by atoms with van der Waals surface area (Å²) in [6.07, 6.45) is 0. The molecule has 9 aromatic rings. The molecule has 0 saturated carbocycles. The SMILES string of the molecule is c1ccc(-c2ccc(-c3cc(-c4cccc5oc6c(-c7nc8ccccc8o7)cccc6c45)nc(-c4ccccc4)n3)cc2)cc1. The number of fused-ring (bicyclic) bond motifs is 4. The quantitative estimate of drug-likeness (QED) is 0.199. The average molecular weight is 592 g/mol. The van der Waals surface area contributed by atoms with Crippen molar-refractivity contribution in [3.05, 3.63) is 152 Å². The lowest BCUT2D eigenvalue weighted by Gasteiger charge is -2.11. The normalized spacial score (nSPS) is 11.5. The summed E-state index contributed by atoms with van der Waals surface area (Å²) < 4.78 is 12.7. The second-order valence-electron chi connectivity index (χ2n) is 11.2. The Balaban J connectivity index is 1.23. The van der Waals surface area contributed by atoms with Crippen LogP contribution in [0.15, 0.2) is 160 Å². The van der Waals surface area contributed by atoms with Gasteiger partial charge in [0.1, 0.15) is 16.7 Å². The number of nitrogens with zero attached hydrogens (tertiary/aromatic N) is 3. The summed E-state index contributed by atoms with van der Waals surface area (Å²) >= 11 is 0. The molecule has 0 spiro atoms. The van der Waals surface area contributed by atoms with Crippen LogP contribution >= 0.6 is 0 Å². The van der Waals surface area contributed by atoms with Crippen LogP contribution in [-0.2, 0) is 0 Å². The molecular weight excluding hydrogens is 566 g/mol. The molecule has 5 nitrogen and oxygen atoms in total. The molecule has 3 heterocycles. The molecule has 46 heavy (non-hydrogen) atoms. The number of benzene rings is 6. The molecule has 0 atom stereocenters. The molecule has 9 rings (SSSR count). The Morgan fingerprint density at radius 2 is 1.04 bits per heavy atom. The number of para-hydroxylation sites is 3. The Hall–Kier alpha value is -6.33. The van der Waals surface area contributed by atoms with Crippen molar-refractivity contribution in [2.75, 3.05) is 0 Å². The van der Waals surface area contributed by atoms with E-state index in [2.05, 4.69) is 66.7 Å². The number of oxazole rings is 1. The van der Waals surface area contributed by atoms with Crippen molar-refractivity contribution in [1.29, 1.82) is 0 Å². The largest absolute Gasteiger partial charge is 0.455 e. The van der Waals surface area contributed by atoms with Crippen LogP contribution in [0.5, 0.6) is 0 Å². The van der Waals surface area contributed by atoms with Crippen molar-refractivity contribution in [2.24, 2.45) is 0 Å². The first-order valence-electron chi connectivity index (χ1n) is 15.2. The van der Waals surface area contributed by atoms with Gasteiger partial charge >= 0.3 is 0 Å². The third kappa shape index (κ3) is 4.45. The second kappa shape index (κ2) is 10.7. The Labute approximate surface area is 264 Å². The monoisotopic (exact) mass is 591 g/mol.